The summed E-state index contributed by atoms with van der Waals surface area (Å²) in [6.07, 6.45) is 3.36. The van der Waals surface area contributed by atoms with Crippen LogP contribution in [0.4, 0.5) is 5.69 Å². The Labute approximate surface area is 124 Å². The molecule has 114 valence electrons. The molecule has 0 spiro atoms. The maximum absolute atomic E-state index is 12.4. The maximum Gasteiger partial charge on any atom is 0.274 e. The van der Waals surface area contributed by atoms with E-state index in [0.29, 0.717) is 5.56 Å². The van der Waals surface area contributed by atoms with Gasteiger partial charge in [0, 0.05) is 30.6 Å². The van der Waals surface area contributed by atoms with Gasteiger partial charge in [0.25, 0.3) is 5.69 Å². The number of hydrogen-bond donors (Lipinski definition) is 1. The number of nitrogens with zero attached hydrogens (tertiary/aromatic N) is 2. The van der Waals surface area contributed by atoms with E-state index in [-0.39, 0.29) is 30.1 Å². The first-order valence-corrected chi connectivity index (χ1v) is 7.22. The van der Waals surface area contributed by atoms with Crippen LogP contribution >= 0.6 is 0 Å². The summed E-state index contributed by atoms with van der Waals surface area (Å²) in [6.45, 7) is 0.262. The van der Waals surface area contributed by atoms with Crippen LogP contribution in [0, 0.1) is 16.0 Å². The van der Waals surface area contributed by atoms with Gasteiger partial charge in [-0.05, 0) is 25.7 Å². The quantitative estimate of drug-likeness (QED) is 0.679. The topological polar surface area (TPSA) is 89.5 Å². The van der Waals surface area contributed by atoms with Gasteiger partial charge in [-0.15, -0.1) is 0 Å². The largest absolute Gasteiger partial charge is 0.341 e. The van der Waals surface area contributed by atoms with Crippen LogP contribution in [0.15, 0.2) is 24.3 Å². The smallest absolute Gasteiger partial charge is 0.274 e. The van der Waals surface area contributed by atoms with Crippen LogP contribution in [0.3, 0.4) is 0 Å². The Morgan fingerprint density at radius 3 is 2.57 bits per heavy atom. The number of nitro benzene ring substituents is 1. The van der Waals surface area contributed by atoms with Crippen LogP contribution in [0.2, 0.25) is 0 Å². The van der Waals surface area contributed by atoms with Gasteiger partial charge in [-0.1, -0.05) is 18.2 Å². The number of para-hydroxylation sites is 1. The van der Waals surface area contributed by atoms with E-state index in [9.17, 15) is 14.9 Å². The van der Waals surface area contributed by atoms with Crippen LogP contribution in [0.25, 0.3) is 0 Å². The Morgan fingerprint density at radius 1 is 1.33 bits per heavy atom. The van der Waals surface area contributed by atoms with Gasteiger partial charge >= 0.3 is 0 Å². The summed E-state index contributed by atoms with van der Waals surface area (Å²) in [5.41, 5.74) is 6.47. The number of carbonyl (C=O) groups is 1. The molecule has 1 aliphatic carbocycles. The zero-order valence-corrected chi connectivity index (χ0v) is 12.2. The standard InChI is InChI=1S/C15H21N3O3/c1-17(15(19)11-6-8-13(16)9-7-11)10-12-4-2-3-5-14(12)18(20)21/h2-5,11,13H,6-10,16H2,1H3. The van der Waals surface area contributed by atoms with Crippen molar-refractivity contribution in [3.05, 3.63) is 39.9 Å². The second-order valence-corrected chi connectivity index (χ2v) is 5.69. The molecule has 0 bridgehead atoms. The molecule has 2 N–H and O–H groups in total. The molecule has 6 heteroatoms. The highest BCUT2D eigenvalue weighted by Crippen LogP contribution is 2.26. The number of benzene rings is 1. The number of nitrogens with two attached hydrogens (primary N) is 1. The number of hydrogen-bond acceptors (Lipinski definition) is 4. The molecule has 0 unspecified atom stereocenters. The third kappa shape index (κ3) is 3.78. The summed E-state index contributed by atoms with van der Waals surface area (Å²) < 4.78 is 0. The van der Waals surface area contributed by atoms with Crippen molar-refractivity contribution in [2.24, 2.45) is 11.7 Å². The van der Waals surface area contributed by atoms with Crippen molar-refractivity contribution in [3.63, 3.8) is 0 Å². The molecule has 1 aromatic rings. The van der Waals surface area contributed by atoms with Crippen LogP contribution in [0.1, 0.15) is 31.2 Å². The van der Waals surface area contributed by atoms with Crippen molar-refractivity contribution < 1.29 is 9.72 Å². The Bertz CT molecular complexity index is 525. The average molecular weight is 291 g/mol. The fourth-order valence-corrected chi connectivity index (χ4v) is 2.83. The lowest BCUT2D eigenvalue weighted by Crippen LogP contribution is -2.37. The van der Waals surface area contributed by atoms with E-state index in [1.165, 1.54) is 6.07 Å². The highest BCUT2D eigenvalue weighted by atomic mass is 16.6. The molecule has 0 radical (unpaired) electrons. The molecule has 1 aliphatic rings. The van der Waals surface area contributed by atoms with Gasteiger partial charge in [0.15, 0.2) is 0 Å². The molecule has 2 rings (SSSR count). The zero-order chi connectivity index (χ0) is 15.4. The minimum Gasteiger partial charge on any atom is -0.341 e. The van der Waals surface area contributed by atoms with E-state index >= 15 is 0 Å². The highest BCUT2D eigenvalue weighted by molar-refractivity contribution is 5.78. The Morgan fingerprint density at radius 2 is 1.95 bits per heavy atom. The van der Waals surface area contributed by atoms with Crippen molar-refractivity contribution in [2.45, 2.75) is 38.3 Å². The minimum absolute atomic E-state index is 0.00225. The summed E-state index contributed by atoms with van der Waals surface area (Å²) in [5.74, 6) is 0.0534. The van der Waals surface area contributed by atoms with Crippen molar-refractivity contribution in [3.8, 4) is 0 Å². The van der Waals surface area contributed by atoms with E-state index in [1.807, 2.05) is 0 Å². The van der Waals surface area contributed by atoms with Gasteiger partial charge in [-0.25, -0.2) is 0 Å². The molecule has 6 nitrogen and oxygen atoms in total. The first kappa shape index (κ1) is 15.4. The molecule has 0 aliphatic heterocycles. The number of carbonyl (C=O) groups excluding carboxylic acids is 1. The van der Waals surface area contributed by atoms with E-state index < -0.39 is 4.92 Å². The highest BCUT2D eigenvalue weighted by Gasteiger charge is 2.27. The first-order chi connectivity index (χ1) is 9.99. The van der Waals surface area contributed by atoms with Crippen molar-refractivity contribution >= 4 is 11.6 Å². The van der Waals surface area contributed by atoms with Crippen LogP contribution < -0.4 is 5.73 Å². The Kier molecular flexibility index (Phi) is 4.90. The van der Waals surface area contributed by atoms with Crippen LogP contribution in [-0.2, 0) is 11.3 Å². The fourth-order valence-electron chi connectivity index (χ4n) is 2.83. The summed E-state index contributed by atoms with van der Waals surface area (Å²) in [4.78, 5) is 24.6. The number of rotatable bonds is 4. The second kappa shape index (κ2) is 6.67. The van der Waals surface area contributed by atoms with Gasteiger partial charge < -0.3 is 10.6 Å². The normalized spacial score (nSPS) is 21.8. The molecule has 0 saturated heterocycles. The predicted molar refractivity (Wildman–Crippen MR) is 79.5 cm³/mol. The van der Waals surface area contributed by atoms with Gasteiger partial charge in [-0.3, -0.25) is 14.9 Å². The molecule has 1 saturated carbocycles. The summed E-state index contributed by atoms with van der Waals surface area (Å²) in [6, 6.07) is 6.74. The van der Waals surface area contributed by atoms with Gasteiger partial charge in [0.1, 0.15) is 0 Å². The van der Waals surface area contributed by atoms with Gasteiger partial charge in [0.2, 0.25) is 5.91 Å². The van der Waals surface area contributed by atoms with Crippen LogP contribution in [0.5, 0.6) is 0 Å². The number of nitro groups is 1. The lowest BCUT2D eigenvalue weighted by molar-refractivity contribution is -0.385. The molecular formula is C15H21N3O3. The SMILES string of the molecule is CN(Cc1ccccc1[N+](=O)[O-])C(=O)C1CCC(N)CC1. The molecule has 0 aromatic heterocycles. The molecule has 21 heavy (non-hydrogen) atoms. The van der Waals surface area contributed by atoms with Crippen molar-refractivity contribution in [1.82, 2.24) is 4.90 Å². The van der Waals surface area contributed by atoms with E-state index in [4.69, 9.17) is 5.73 Å². The average Bonchev–Trinajstić information content (AvgIpc) is 2.47. The van der Waals surface area contributed by atoms with Crippen molar-refractivity contribution in [2.75, 3.05) is 7.05 Å². The zero-order valence-electron chi connectivity index (χ0n) is 12.2. The minimum atomic E-state index is -0.409. The summed E-state index contributed by atoms with van der Waals surface area (Å²) >= 11 is 0. The first-order valence-electron chi connectivity index (χ1n) is 7.22. The van der Waals surface area contributed by atoms with Crippen LogP contribution in [-0.4, -0.2) is 28.8 Å². The van der Waals surface area contributed by atoms with E-state index in [0.717, 1.165) is 25.7 Å². The molecule has 1 amide bonds. The lowest BCUT2D eigenvalue weighted by atomic mass is 9.85. The Hall–Kier alpha value is -1.95. The third-order valence-corrected chi connectivity index (χ3v) is 4.09. The monoisotopic (exact) mass is 291 g/mol. The summed E-state index contributed by atoms with van der Waals surface area (Å²) in [5, 5.41) is 11.0. The fraction of sp³-hybridized carbons (Fsp3) is 0.533. The second-order valence-electron chi connectivity index (χ2n) is 5.69. The van der Waals surface area contributed by atoms with Crippen molar-refractivity contribution in [1.29, 1.82) is 0 Å². The molecule has 1 fully saturated rings. The van der Waals surface area contributed by atoms with Gasteiger partial charge in [-0.2, -0.15) is 0 Å². The predicted octanol–water partition coefficient (Wildman–Crippen LogP) is 2.07. The Balaban J connectivity index is 2.02. The van der Waals surface area contributed by atoms with E-state index in [1.54, 1.807) is 30.1 Å². The third-order valence-electron chi connectivity index (χ3n) is 4.09. The molecule has 0 heterocycles. The number of amides is 1. The van der Waals surface area contributed by atoms with E-state index in [2.05, 4.69) is 0 Å². The van der Waals surface area contributed by atoms with Gasteiger partial charge in [0.05, 0.1) is 11.5 Å². The lowest BCUT2D eigenvalue weighted by Gasteiger charge is -2.29. The molecule has 0 atom stereocenters. The molecule has 1 aromatic carbocycles. The summed E-state index contributed by atoms with van der Waals surface area (Å²) in [7, 11) is 1.70. The molecular weight excluding hydrogens is 270 g/mol. The maximum atomic E-state index is 12.4.